The number of benzene rings is 1. The fourth-order valence-electron chi connectivity index (χ4n) is 0.702. The van der Waals surface area contributed by atoms with E-state index in [2.05, 4.69) is 0 Å². The predicted molar refractivity (Wildman–Crippen MR) is 51.1 cm³/mol. The van der Waals surface area contributed by atoms with Crippen LogP contribution >= 0.6 is 34.2 Å². The average molecular weight is 282 g/mol. The van der Waals surface area contributed by atoms with Gasteiger partial charge in [-0.1, -0.05) is 17.7 Å². The number of hydrogen-bond donors (Lipinski definition) is 1. The van der Waals surface area contributed by atoms with E-state index in [0.717, 1.165) is 0 Å². The number of carboxylic acids is 1. The number of hydrogen-bond acceptors (Lipinski definition) is 1. The summed E-state index contributed by atoms with van der Waals surface area (Å²) in [6.45, 7) is 0. The molecule has 0 heterocycles. The average Bonchev–Trinajstić information content (AvgIpc) is 1.85. The lowest BCUT2D eigenvalue weighted by Crippen LogP contribution is -1.99. The number of carbonyl (C=O) groups is 1. The molecule has 0 radical (unpaired) electrons. The quantitative estimate of drug-likeness (QED) is 0.804. The SMILES string of the molecule is O=C(O)c1c(Cl)cccc1I. The van der Waals surface area contributed by atoms with Crippen molar-refractivity contribution in [1.82, 2.24) is 0 Å². The van der Waals surface area contributed by atoms with E-state index in [1.807, 2.05) is 22.6 Å². The van der Waals surface area contributed by atoms with Crippen LogP contribution in [0, 0.1) is 3.57 Å². The second kappa shape index (κ2) is 3.40. The summed E-state index contributed by atoms with van der Waals surface area (Å²) < 4.78 is 0.655. The Kier molecular flexibility index (Phi) is 2.72. The molecule has 0 aliphatic carbocycles. The zero-order valence-corrected chi connectivity index (χ0v) is 8.26. The minimum Gasteiger partial charge on any atom is -0.478 e. The highest BCUT2D eigenvalue weighted by Crippen LogP contribution is 2.20. The molecule has 0 spiro atoms. The zero-order chi connectivity index (χ0) is 8.43. The van der Waals surface area contributed by atoms with E-state index < -0.39 is 5.97 Å². The van der Waals surface area contributed by atoms with Crippen molar-refractivity contribution in [3.63, 3.8) is 0 Å². The molecule has 2 nitrogen and oxygen atoms in total. The lowest BCUT2D eigenvalue weighted by atomic mass is 10.2. The van der Waals surface area contributed by atoms with Gasteiger partial charge in [0.25, 0.3) is 0 Å². The monoisotopic (exact) mass is 282 g/mol. The number of carboxylic acid groups (broad SMARTS) is 1. The van der Waals surface area contributed by atoms with Gasteiger partial charge in [0.15, 0.2) is 0 Å². The topological polar surface area (TPSA) is 37.3 Å². The molecule has 58 valence electrons. The van der Waals surface area contributed by atoms with Gasteiger partial charge in [-0.05, 0) is 34.7 Å². The molecule has 0 aliphatic heterocycles. The molecule has 0 unspecified atom stereocenters. The third-order valence-corrected chi connectivity index (χ3v) is 2.39. The van der Waals surface area contributed by atoms with Crippen LogP contribution in [-0.4, -0.2) is 11.1 Å². The van der Waals surface area contributed by atoms with Crippen molar-refractivity contribution in [1.29, 1.82) is 0 Å². The smallest absolute Gasteiger partial charge is 0.338 e. The Bertz CT molecular complexity index is 278. The summed E-state index contributed by atoms with van der Waals surface area (Å²) in [6, 6.07) is 4.99. The van der Waals surface area contributed by atoms with E-state index in [0.29, 0.717) is 3.57 Å². The highest BCUT2D eigenvalue weighted by atomic mass is 127. The Morgan fingerprint density at radius 3 is 2.55 bits per heavy atom. The number of aromatic carboxylic acids is 1. The molecule has 0 aromatic heterocycles. The van der Waals surface area contributed by atoms with Crippen molar-refractivity contribution < 1.29 is 9.90 Å². The molecule has 0 atom stereocenters. The van der Waals surface area contributed by atoms with Crippen LogP contribution in [0.2, 0.25) is 5.02 Å². The Hall–Kier alpha value is -0.290. The standard InChI is InChI=1S/C7H4ClIO2/c8-4-2-1-3-5(9)6(4)7(10)11/h1-3H,(H,10,11). The first-order chi connectivity index (χ1) is 5.13. The molecule has 0 amide bonds. The van der Waals surface area contributed by atoms with E-state index in [9.17, 15) is 4.79 Å². The minimum absolute atomic E-state index is 0.176. The highest BCUT2D eigenvalue weighted by Gasteiger charge is 2.11. The van der Waals surface area contributed by atoms with Gasteiger partial charge >= 0.3 is 5.97 Å². The van der Waals surface area contributed by atoms with E-state index in [1.165, 1.54) is 0 Å². The van der Waals surface area contributed by atoms with Crippen molar-refractivity contribution in [2.75, 3.05) is 0 Å². The maximum absolute atomic E-state index is 10.6. The van der Waals surface area contributed by atoms with Gasteiger partial charge in [-0.2, -0.15) is 0 Å². The molecule has 1 aromatic carbocycles. The summed E-state index contributed by atoms with van der Waals surface area (Å²) >= 11 is 7.57. The third kappa shape index (κ3) is 1.84. The number of halogens is 2. The summed E-state index contributed by atoms with van der Waals surface area (Å²) in [7, 11) is 0. The fourth-order valence-corrected chi connectivity index (χ4v) is 1.85. The summed E-state index contributed by atoms with van der Waals surface area (Å²) in [5.74, 6) is -0.986. The van der Waals surface area contributed by atoms with Crippen molar-refractivity contribution >= 4 is 40.2 Å². The number of rotatable bonds is 1. The normalized spacial score (nSPS) is 9.64. The lowest BCUT2D eigenvalue weighted by Gasteiger charge is -1.99. The molecule has 0 saturated heterocycles. The Morgan fingerprint density at radius 1 is 1.55 bits per heavy atom. The van der Waals surface area contributed by atoms with E-state index in [1.54, 1.807) is 18.2 Å². The molecule has 1 aromatic rings. The van der Waals surface area contributed by atoms with Crippen LogP contribution in [0.4, 0.5) is 0 Å². The molecule has 0 bridgehead atoms. The van der Waals surface area contributed by atoms with Crippen LogP contribution in [0.15, 0.2) is 18.2 Å². The Balaban J connectivity index is 3.32. The zero-order valence-electron chi connectivity index (χ0n) is 5.34. The molecule has 1 N–H and O–H groups in total. The lowest BCUT2D eigenvalue weighted by molar-refractivity contribution is 0.0696. The van der Waals surface area contributed by atoms with Crippen LogP contribution < -0.4 is 0 Å². The van der Waals surface area contributed by atoms with Crippen molar-refractivity contribution in [2.24, 2.45) is 0 Å². The van der Waals surface area contributed by atoms with Crippen LogP contribution in [-0.2, 0) is 0 Å². The Labute approximate surface area is 82.3 Å². The van der Waals surface area contributed by atoms with Crippen LogP contribution in [0.25, 0.3) is 0 Å². The molecule has 4 heteroatoms. The van der Waals surface area contributed by atoms with Crippen LogP contribution in [0.3, 0.4) is 0 Å². The molecule has 11 heavy (non-hydrogen) atoms. The van der Waals surface area contributed by atoms with Gasteiger partial charge in [-0.3, -0.25) is 0 Å². The summed E-state index contributed by atoms with van der Waals surface area (Å²) in [6.07, 6.45) is 0. The maximum atomic E-state index is 10.6. The molecule has 0 aliphatic rings. The van der Waals surface area contributed by atoms with Gasteiger partial charge in [0.2, 0.25) is 0 Å². The fraction of sp³-hybridized carbons (Fsp3) is 0. The van der Waals surface area contributed by atoms with Crippen molar-refractivity contribution in [2.45, 2.75) is 0 Å². The first-order valence-corrected chi connectivity index (χ1v) is 4.26. The van der Waals surface area contributed by atoms with Gasteiger partial charge in [0.1, 0.15) is 0 Å². The van der Waals surface area contributed by atoms with E-state index in [-0.39, 0.29) is 10.6 Å². The maximum Gasteiger partial charge on any atom is 0.338 e. The van der Waals surface area contributed by atoms with Gasteiger partial charge in [0.05, 0.1) is 10.6 Å². The molecular weight excluding hydrogens is 278 g/mol. The molecule has 0 saturated carbocycles. The van der Waals surface area contributed by atoms with Crippen LogP contribution in [0.1, 0.15) is 10.4 Å². The third-order valence-electron chi connectivity index (χ3n) is 1.18. The highest BCUT2D eigenvalue weighted by molar-refractivity contribution is 14.1. The summed E-state index contributed by atoms with van der Waals surface area (Å²) in [5, 5.41) is 8.94. The molecule has 0 fully saturated rings. The predicted octanol–water partition coefficient (Wildman–Crippen LogP) is 2.64. The van der Waals surface area contributed by atoms with Gasteiger partial charge in [-0.15, -0.1) is 0 Å². The summed E-state index contributed by atoms with van der Waals surface area (Å²) in [5.41, 5.74) is 0.176. The van der Waals surface area contributed by atoms with Gasteiger partial charge in [0, 0.05) is 3.57 Å². The second-order valence-corrected chi connectivity index (χ2v) is 3.47. The first-order valence-electron chi connectivity index (χ1n) is 2.80. The summed E-state index contributed by atoms with van der Waals surface area (Å²) in [4.78, 5) is 10.6. The Morgan fingerprint density at radius 2 is 2.18 bits per heavy atom. The van der Waals surface area contributed by atoms with E-state index >= 15 is 0 Å². The molecular formula is C7H4ClIO2. The molecule has 1 rings (SSSR count). The van der Waals surface area contributed by atoms with Gasteiger partial charge in [-0.25, -0.2) is 4.79 Å². The van der Waals surface area contributed by atoms with Crippen molar-refractivity contribution in [3.05, 3.63) is 32.4 Å². The van der Waals surface area contributed by atoms with E-state index in [4.69, 9.17) is 16.7 Å². The minimum atomic E-state index is -0.986. The second-order valence-electron chi connectivity index (χ2n) is 1.90. The van der Waals surface area contributed by atoms with Crippen LogP contribution in [0.5, 0.6) is 0 Å². The van der Waals surface area contributed by atoms with Gasteiger partial charge < -0.3 is 5.11 Å². The van der Waals surface area contributed by atoms with Crippen molar-refractivity contribution in [3.8, 4) is 0 Å². The largest absolute Gasteiger partial charge is 0.478 e. The first kappa shape index (κ1) is 8.80.